The van der Waals surface area contributed by atoms with Gasteiger partial charge in [-0.25, -0.2) is 0 Å². The Labute approximate surface area is 244 Å². The van der Waals surface area contributed by atoms with Crippen molar-refractivity contribution in [3.63, 3.8) is 0 Å². The van der Waals surface area contributed by atoms with Crippen molar-refractivity contribution in [3.05, 3.63) is 45.7 Å². The Balaban J connectivity index is 1.81. The van der Waals surface area contributed by atoms with Gasteiger partial charge in [0, 0.05) is 29.1 Å². The van der Waals surface area contributed by atoms with Crippen LogP contribution in [-0.2, 0) is 25.6 Å². The van der Waals surface area contributed by atoms with E-state index in [1.807, 2.05) is 0 Å². The van der Waals surface area contributed by atoms with Crippen molar-refractivity contribution in [1.29, 1.82) is 0 Å². The van der Waals surface area contributed by atoms with Gasteiger partial charge in [0.1, 0.15) is 28.6 Å². The molecule has 1 aromatic carbocycles. The zero-order valence-electron chi connectivity index (χ0n) is 24.9. The fourth-order valence-electron chi connectivity index (χ4n) is 8.82. The quantitative estimate of drug-likeness (QED) is 0.323. The Bertz CT molecular complexity index is 1490. The summed E-state index contributed by atoms with van der Waals surface area (Å²) in [4.78, 5) is 54.0. The number of phenolic OH excluding ortho intramolecular Hbond substituents is 1. The molecule has 0 bridgehead atoms. The summed E-state index contributed by atoms with van der Waals surface area (Å²) >= 11 is 0. The van der Waals surface area contributed by atoms with E-state index in [0.29, 0.717) is 11.1 Å². The van der Waals surface area contributed by atoms with Crippen molar-refractivity contribution in [2.24, 2.45) is 28.6 Å². The van der Waals surface area contributed by atoms with Gasteiger partial charge in [0.15, 0.2) is 17.2 Å². The van der Waals surface area contributed by atoms with Crippen molar-refractivity contribution in [2.45, 2.75) is 91.3 Å². The van der Waals surface area contributed by atoms with E-state index < -0.39 is 80.3 Å². The van der Waals surface area contributed by atoms with Crippen molar-refractivity contribution < 1.29 is 44.7 Å². The Morgan fingerprint density at radius 2 is 1.64 bits per heavy atom. The molecule has 0 saturated heterocycles. The number of ketones is 4. The van der Waals surface area contributed by atoms with Gasteiger partial charge in [0.05, 0.1) is 17.2 Å². The summed E-state index contributed by atoms with van der Waals surface area (Å²) in [5.74, 6) is -7.63. The lowest BCUT2D eigenvalue weighted by Crippen LogP contribution is -2.75. The number of fused-ring (bicyclic) bond motifs is 3. The predicted molar refractivity (Wildman–Crippen MR) is 153 cm³/mol. The summed E-state index contributed by atoms with van der Waals surface area (Å²) < 4.78 is 0. The molecule has 0 amide bonds. The minimum Gasteiger partial charge on any atom is -0.508 e. The summed E-state index contributed by atoms with van der Waals surface area (Å²) in [5, 5.41) is 58.5. The topological polar surface area (TPSA) is 169 Å². The maximum Gasteiger partial charge on any atom is 0.203 e. The van der Waals surface area contributed by atoms with Crippen molar-refractivity contribution in [3.8, 4) is 5.75 Å². The van der Waals surface area contributed by atoms with E-state index in [0.717, 1.165) is 32.6 Å². The molecule has 2 unspecified atom stereocenters. The molecule has 0 radical (unpaired) electrons. The van der Waals surface area contributed by atoms with Crippen LogP contribution in [-0.4, -0.2) is 60.4 Å². The molecule has 4 aliphatic carbocycles. The molecular weight excluding hydrogens is 540 g/mol. The number of allylic oxidation sites excluding steroid dienone is 1. The normalized spacial score (nSPS) is 34.9. The van der Waals surface area contributed by atoms with Gasteiger partial charge in [-0.2, -0.15) is 0 Å². The summed E-state index contributed by atoms with van der Waals surface area (Å²) in [7, 11) is 0. The molecule has 0 aromatic heterocycles. The molecule has 9 heteroatoms. The van der Waals surface area contributed by atoms with Crippen molar-refractivity contribution in [2.75, 3.05) is 0 Å². The van der Waals surface area contributed by atoms with Crippen LogP contribution in [0.2, 0.25) is 0 Å². The standard InChI is InChI=1S/C33H40O9/c1-14(2)24-26(37)22(16(4)34)28(39)33(42)29(40)25-27(38)23-19(35)12-11-18(13-20(36)17-9-7-8-10-17)21(23)15(3)31(25,5)30(41)32(24,33)6/h11-12,14-15,17,24,30,35,38-39,41-42H,7-10,13H2,1-6H3/t15?,24?,30-,31+,32+,33+/m1/s1. The van der Waals surface area contributed by atoms with Crippen molar-refractivity contribution >= 4 is 28.9 Å². The average Bonchev–Trinajstić information content (AvgIpc) is 3.45. The van der Waals surface area contributed by atoms with E-state index in [4.69, 9.17) is 0 Å². The number of aromatic hydroxyl groups is 1. The third kappa shape index (κ3) is 3.49. The SMILES string of the molecule is CC(=O)C1=C(O)[C@]2(O)C(=O)C3=C(O)c4c(O)ccc(CC(=O)C5CCCC5)c4C(C)[C@]3(C)[C@@H](O)[C@]2(C)C(C(C)C)C1=O. The predicted octanol–water partition coefficient (Wildman–Crippen LogP) is 4.02. The zero-order valence-corrected chi connectivity index (χ0v) is 24.9. The minimum atomic E-state index is -2.93. The first-order valence-corrected chi connectivity index (χ1v) is 14.7. The van der Waals surface area contributed by atoms with E-state index in [9.17, 15) is 44.7 Å². The molecule has 226 valence electrons. The van der Waals surface area contributed by atoms with Crippen LogP contribution < -0.4 is 0 Å². The van der Waals surface area contributed by atoms with E-state index >= 15 is 0 Å². The number of aliphatic hydroxyl groups excluding tert-OH is 3. The van der Waals surface area contributed by atoms with Crippen LogP contribution >= 0.6 is 0 Å². The second kappa shape index (κ2) is 9.61. The molecule has 6 atom stereocenters. The number of Topliss-reactive ketones (excluding diaryl/α,β-unsaturated/α-hetero) is 4. The average molecular weight is 581 g/mol. The molecule has 0 spiro atoms. The molecule has 0 aliphatic heterocycles. The van der Waals surface area contributed by atoms with Gasteiger partial charge >= 0.3 is 0 Å². The Morgan fingerprint density at radius 1 is 1.05 bits per heavy atom. The van der Waals surface area contributed by atoms with Gasteiger partial charge in [-0.3, -0.25) is 19.2 Å². The van der Waals surface area contributed by atoms with Gasteiger partial charge in [-0.1, -0.05) is 53.5 Å². The Kier molecular flexibility index (Phi) is 6.90. The smallest absolute Gasteiger partial charge is 0.203 e. The number of hydrogen-bond acceptors (Lipinski definition) is 9. The van der Waals surface area contributed by atoms with Crippen LogP contribution in [0.3, 0.4) is 0 Å². The second-order valence-electron chi connectivity index (χ2n) is 13.5. The molecule has 2 saturated carbocycles. The highest BCUT2D eigenvalue weighted by Gasteiger charge is 2.77. The molecule has 9 nitrogen and oxygen atoms in total. The Hall–Kier alpha value is -3.30. The van der Waals surface area contributed by atoms with Crippen LogP contribution in [0.15, 0.2) is 29.0 Å². The number of carbonyl (C=O) groups is 4. The van der Waals surface area contributed by atoms with Crippen LogP contribution in [0, 0.1) is 28.6 Å². The number of benzene rings is 1. The molecule has 2 fully saturated rings. The van der Waals surface area contributed by atoms with Gasteiger partial charge in [0.2, 0.25) is 5.78 Å². The fourth-order valence-corrected chi connectivity index (χ4v) is 8.82. The Morgan fingerprint density at radius 3 is 2.19 bits per heavy atom. The van der Waals surface area contributed by atoms with Crippen molar-refractivity contribution in [1.82, 2.24) is 0 Å². The number of phenols is 1. The molecule has 5 rings (SSSR count). The van der Waals surface area contributed by atoms with Gasteiger partial charge < -0.3 is 25.5 Å². The number of aliphatic hydroxyl groups is 4. The highest BCUT2D eigenvalue weighted by atomic mass is 16.4. The number of hydrogen-bond donors (Lipinski definition) is 5. The largest absolute Gasteiger partial charge is 0.508 e. The van der Waals surface area contributed by atoms with Gasteiger partial charge in [-0.15, -0.1) is 0 Å². The molecule has 1 aromatic rings. The fraction of sp³-hybridized carbons (Fsp3) is 0.576. The zero-order chi connectivity index (χ0) is 31.3. The number of rotatable bonds is 5. The summed E-state index contributed by atoms with van der Waals surface area (Å²) in [5.41, 5.74) is -6.84. The van der Waals surface area contributed by atoms with Crippen LogP contribution in [0.25, 0.3) is 5.76 Å². The van der Waals surface area contributed by atoms with E-state index in [2.05, 4.69) is 0 Å². The molecular formula is C33H40O9. The molecule has 4 aliphatic rings. The summed E-state index contributed by atoms with van der Waals surface area (Å²) in [6.07, 6.45) is 1.89. The minimum absolute atomic E-state index is 0.0400. The summed E-state index contributed by atoms with van der Waals surface area (Å²) in [6, 6.07) is 2.95. The highest BCUT2D eigenvalue weighted by molar-refractivity contribution is 6.24. The second-order valence-corrected chi connectivity index (χ2v) is 13.5. The van der Waals surface area contributed by atoms with Gasteiger partial charge in [0.25, 0.3) is 0 Å². The molecule has 0 heterocycles. The third-order valence-corrected chi connectivity index (χ3v) is 11.1. The lowest BCUT2D eigenvalue weighted by atomic mass is 9.40. The first-order valence-electron chi connectivity index (χ1n) is 14.7. The highest BCUT2D eigenvalue weighted by Crippen LogP contribution is 2.67. The summed E-state index contributed by atoms with van der Waals surface area (Å²) in [6.45, 7) is 9.00. The monoisotopic (exact) mass is 580 g/mol. The molecule has 5 N–H and O–H groups in total. The van der Waals surface area contributed by atoms with Crippen LogP contribution in [0.5, 0.6) is 5.75 Å². The van der Waals surface area contributed by atoms with E-state index in [-0.39, 0.29) is 29.4 Å². The van der Waals surface area contributed by atoms with E-state index in [1.165, 1.54) is 13.0 Å². The third-order valence-electron chi connectivity index (χ3n) is 11.1. The lowest BCUT2D eigenvalue weighted by Gasteiger charge is -2.63. The lowest BCUT2D eigenvalue weighted by molar-refractivity contribution is -0.215. The maximum atomic E-state index is 14.5. The number of carbonyl (C=O) groups excluding carboxylic acids is 4. The van der Waals surface area contributed by atoms with Crippen LogP contribution in [0.4, 0.5) is 0 Å². The van der Waals surface area contributed by atoms with Crippen LogP contribution in [0.1, 0.15) is 89.8 Å². The first kappa shape index (κ1) is 30.2. The molecule has 42 heavy (non-hydrogen) atoms. The van der Waals surface area contributed by atoms with E-state index in [1.54, 1.807) is 33.8 Å². The first-order chi connectivity index (χ1) is 19.5. The van der Waals surface area contributed by atoms with Gasteiger partial charge in [-0.05, 0) is 48.8 Å². The maximum absolute atomic E-state index is 14.5.